The van der Waals surface area contributed by atoms with E-state index in [9.17, 15) is 8.42 Å². The molecule has 20 heavy (non-hydrogen) atoms. The molecule has 0 bridgehead atoms. The van der Waals surface area contributed by atoms with Crippen molar-refractivity contribution in [2.24, 2.45) is 0 Å². The van der Waals surface area contributed by atoms with Crippen LogP contribution in [0.25, 0.3) is 0 Å². The molecule has 0 unspecified atom stereocenters. The van der Waals surface area contributed by atoms with Gasteiger partial charge in [-0.15, -0.1) is 4.83 Å². The lowest BCUT2D eigenvalue weighted by atomic mass is 10.2. The average Bonchev–Trinajstić information content (AvgIpc) is 2.40. The normalized spacial score (nSPS) is 11.3. The highest BCUT2D eigenvalue weighted by Gasteiger charge is 2.14. The number of anilines is 2. The van der Waals surface area contributed by atoms with Crippen molar-refractivity contribution in [2.45, 2.75) is 11.8 Å². The largest absolute Gasteiger partial charge is 0.399 e. The highest BCUT2D eigenvalue weighted by molar-refractivity contribution is 7.89. The molecule has 0 amide bonds. The smallest absolute Gasteiger partial charge is 0.257 e. The highest BCUT2D eigenvalue weighted by Crippen LogP contribution is 2.20. The van der Waals surface area contributed by atoms with E-state index in [0.29, 0.717) is 16.4 Å². The Morgan fingerprint density at radius 3 is 2.60 bits per heavy atom. The summed E-state index contributed by atoms with van der Waals surface area (Å²) in [6, 6.07) is 11.2. The fraction of sp³-hybridized carbons (Fsp3) is 0.0769. The third kappa shape index (κ3) is 3.41. The maximum atomic E-state index is 12.1. The molecular weight excluding hydrogens is 298 g/mol. The molecule has 7 heteroatoms. The molecule has 0 aliphatic carbocycles. The highest BCUT2D eigenvalue weighted by atomic mass is 35.5. The van der Waals surface area contributed by atoms with Crippen LogP contribution in [-0.2, 0) is 10.0 Å². The molecule has 0 saturated heterocycles. The van der Waals surface area contributed by atoms with Gasteiger partial charge in [0.2, 0.25) is 0 Å². The number of halogens is 1. The summed E-state index contributed by atoms with van der Waals surface area (Å²) in [4.78, 5) is 2.38. The van der Waals surface area contributed by atoms with Gasteiger partial charge in [-0.2, -0.15) is 0 Å². The first kappa shape index (κ1) is 14.6. The Labute approximate surface area is 122 Å². The number of nitrogen functional groups attached to an aromatic ring is 1. The van der Waals surface area contributed by atoms with Gasteiger partial charge in [-0.05, 0) is 42.8 Å². The summed E-state index contributed by atoms with van der Waals surface area (Å²) in [7, 11) is -3.69. The molecule has 106 valence electrons. The van der Waals surface area contributed by atoms with E-state index in [1.54, 1.807) is 30.3 Å². The van der Waals surface area contributed by atoms with Gasteiger partial charge in [0, 0.05) is 10.7 Å². The topological polar surface area (TPSA) is 84.2 Å². The van der Waals surface area contributed by atoms with Gasteiger partial charge >= 0.3 is 0 Å². The molecule has 2 rings (SSSR count). The molecule has 0 aliphatic rings. The molecule has 4 N–H and O–H groups in total. The first-order chi connectivity index (χ1) is 9.38. The molecule has 2 aromatic rings. The van der Waals surface area contributed by atoms with E-state index in [1.807, 2.05) is 6.92 Å². The minimum Gasteiger partial charge on any atom is -0.399 e. The second-order valence-corrected chi connectivity index (χ2v) is 6.38. The van der Waals surface area contributed by atoms with Crippen LogP contribution in [0.5, 0.6) is 0 Å². The third-order valence-corrected chi connectivity index (χ3v) is 4.17. The number of aryl methyl sites for hydroxylation is 1. The van der Waals surface area contributed by atoms with Crippen molar-refractivity contribution in [1.29, 1.82) is 0 Å². The van der Waals surface area contributed by atoms with Gasteiger partial charge in [0.1, 0.15) is 0 Å². The quantitative estimate of drug-likeness (QED) is 0.598. The van der Waals surface area contributed by atoms with Crippen LogP contribution in [0, 0.1) is 6.92 Å². The fourth-order valence-electron chi connectivity index (χ4n) is 1.59. The Morgan fingerprint density at radius 2 is 1.90 bits per heavy atom. The average molecular weight is 312 g/mol. The number of rotatable bonds is 4. The Bertz CT molecular complexity index is 732. The van der Waals surface area contributed by atoms with Gasteiger partial charge in [0.15, 0.2) is 0 Å². The van der Waals surface area contributed by atoms with E-state index in [4.69, 9.17) is 17.3 Å². The number of benzene rings is 2. The van der Waals surface area contributed by atoms with Gasteiger partial charge in [0.25, 0.3) is 10.0 Å². The lowest BCUT2D eigenvalue weighted by molar-refractivity contribution is 0.588. The van der Waals surface area contributed by atoms with Crippen LogP contribution in [0.3, 0.4) is 0 Å². The number of nitrogens with one attached hydrogen (secondary N) is 2. The molecule has 5 nitrogen and oxygen atoms in total. The summed E-state index contributed by atoms with van der Waals surface area (Å²) >= 11 is 5.87. The summed E-state index contributed by atoms with van der Waals surface area (Å²) in [5, 5.41) is 0.515. The lowest BCUT2D eigenvalue weighted by Gasteiger charge is -2.12. The summed E-state index contributed by atoms with van der Waals surface area (Å²) in [5.74, 6) is 0. The molecule has 0 aliphatic heterocycles. The lowest BCUT2D eigenvalue weighted by Crippen LogP contribution is -2.29. The van der Waals surface area contributed by atoms with E-state index in [-0.39, 0.29) is 4.90 Å². The van der Waals surface area contributed by atoms with E-state index in [1.165, 1.54) is 12.1 Å². The van der Waals surface area contributed by atoms with Crippen LogP contribution in [0.15, 0.2) is 47.4 Å². The number of nitrogens with two attached hydrogens (primary N) is 1. The molecule has 0 atom stereocenters. The second-order valence-electron chi connectivity index (χ2n) is 4.26. The predicted octanol–water partition coefficient (Wildman–Crippen LogP) is 2.54. The van der Waals surface area contributed by atoms with Gasteiger partial charge in [-0.3, -0.25) is 0 Å². The minimum atomic E-state index is -3.69. The van der Waals surface area contributed by atoms with Crippen LogP contribution in [0.4, 0.5) is 11.4 Å². The van der Waals surface area contributed by atoms with Crippen molar-refractivity contribution >= 4 is 33.0 Å². The molecular formula is C13H14ClN3O2S. The Kier molecular flexibility index (Phi) is 4.17. The molecule has 0 fully saturated rings. The van der Waals surface area contributed by atoms with Crippen molar-refractivity contribution in [3.63, 3.8) is 0 Å². The fourth-order valence-corrected chi connectivity index (χ4v) is 2.67. The number of sulfonamides is 1. The van der Waals surface area contributed by atoms with Crippen LogP contribution in [0.2, 0.25) is 5.02 Å². The van der Waals surface area contributed by atoms with Crippen molar-refractivity contribution in [3.8, 4) is 0 Å². The minimum absolute atomic E-state index is 0.0877. The molecule has 0 saturated carbocycles. The van der Waals surface area contributed by atoms with Crippen molar-refractivity contribution in [2.75, 3.05) is 11.2 Å². The summed E-state index contributed by atoms with van der Waals surface area (Å²) in [6.45, 7) is 1.84. The zero-order valence-electron chi connectivity index (χ0n) is 10.7. The maximum absolute atomic E-state index is 12.1. The van der Waals surface area contributed by atoms with Crippen LogP contribution in [0.1, 0.15) is 5.56 Å². The van der Waals surface area contributed by atoms with E-state index in [0.717, 1.165) is 5.56 Å². The zero-order chi connectivity index (χ0) is 14.8. The maximum Gasteiger partial charge on any atom is 0.257 e. The first-order valence-corrected chi connectivity index (χ1v) is 7.64. The SMILES string of the molecule is Cc1ccc(Cl)cc1NNS(=O)(=O)c1cccc(N)c1. The van der Waals surface area contributed by atoms with Crippen LogP contribution < -0.4 is 16.0 Å². The molecule has 2 aromatic carbocycles. The third-order valence-electron chi connectivity index (χ3n) is 2.69. The summed E-state index contributed by atoms with van der Waals surface area (Å²) in [5.41, 5.74) is 10.1. The molecule has 0 radical (unpaired) electrons. The van der Waals surface area contributed by atoms with E-state index < -0.39 is 10.0 Å². The van der Waals surface area contributed by atoms with E-state index in [2.05, 4.69) is 10.3 Å². The standard InChI is InChI=1S/C13H14ClN3O2S/c1-9-5-6-10(14)7-13(9)16-17-20(18,19)12-4-2-3-11(15)8-12/h2-8,16-17H,15H2,1H3. The Hall–Kier alpha value is -1.76. The van der Waals surface area contributed by atoms with Crippen molar-refractivity contribution in [3.05, 3.63) is 53.1 Å². The van der Waals surface area contributed by atoms with E-state index >= 15 is 0 Å². The first-order valence-electron chi connectivity index (χ1n) is 5.78. The monoisotopic (exact) mass is 311 g/mol. The molecule has 0 spiro atoms. The second kappa shape index (κ2) is 5.70. The molecule has 0 heterocycles. The van der Waals surface area contributed by atoms with Crippen molar-refractivity contribution in [1.82, 2.24) is 4.83 Å². The van der Waals surface area contributed by atoms with Gasteiger partial charge in [0.05, 0.1) is 10.6 Å². The number of hydrazine groups is 1. The van der Waals surface area contributed by atoms with Gasteiger partial charge < -0.3 is 11.2 Å². The zero-order valence-corrected chi connectivity index (χ0v) is 12.3. The van der Waals surface area contributed by atoms with Gasteiger partial charge in [-0.25, -0.2) is 8.42 Å². The predicted molar refractivity (Wildman–Crippen MR) is 81.0 cm³/mol. The number of hydrogen-bond acceptors (Lipinski definition) is 4. The summed E-state index contributed by atoms with van der Waals surface area (Å²) in [6.07, 6.45) is 0. The Balaban J connectivity index is 2.19. The number of hydrogen-bond donors (Lipinski definition) is 3. The summed E-state index contributed by atoms with van der Waals surface area (Å²) < 4.78 is 24.2. The van der Waals surface area contributed by atoms with Gasteiger partial charge in [-0.1, -0.05) is 23.7 Å². The van der Waals surface area contributed by atoms with Crippen LogP contribution in [-0.4, -0.2) is 8.42 Å². The van der Waals surface area contributed by atoms with Crippen molar-refractivity contribution < 1.29 is 8.42 Å². The van der Waals surface area contributed by atoms with Crippen LogP contribution >= 0.6 is 11.6 Å². The Morgan fingerprint density at radius 1 is 1.15 bits per heavy atom. The molecule has 0 aromatic heterocycles.